The van der Waals surface area contributed by atoms with Crippen molar-refractivity contribution in [2.24, 2.45) is 22.4 Å². The molecule has 0 spiro atoms. The number of hydrogen-bond donors (Lipinski definition) is 2. The zero-order chi connectivity index (χ0) is 15.7. The van der Waals surface area contributed by atoms with Crippen LogP contribution >= 0.6 is 0 Å². The monoisotopic (exact) mass is 302 g/mol. The number of methoxy groups -OCH3 is 1. The number of carbonyl (C=O) groups excluding carboxylic acids is 1. The van der Waals surface area contributed by atoms with E-state index in [1.807, 2.05) is 0 Å². The van der Waals surface area contributed by atoms with E-state index in [-0.39, 0.29) is 23.0 Å². The van der Waals surface area contributed by atoms with Gasteiger partial charge < -0.3 is 9.84 Å². The molecule has 3 rings (SSSR count). The van der Waals surface area contributed by atoms with Gasteiger partial charge in [-0.1, -0.05) is 19.8 Å². The summed E-state index contributed by atoms with van der Waals surface area (Å²) in [6.07, 6.45) is 6.34. The van der Waals surface area contributed by atoms with Gasteiger partial charge in [-0.15, -0.1) is 0 Å². The lowest BCUT2D eigenvalue weighted by Gasteiger charge is -2.15. The van der Waals surface area contributed by atoms with Gasteiger partial charge in [0.2, 0.25) is 5.91 Å². The van der Waals surface area contributed by atoms with Gasteiger partial charge in [0, 0.05) is 5.92 Å². The highest BCUT2D eigenvalue weighted by Gasteiger charge is 2.64. The van der Waals surface area contributed by atoms with E-state index in [1.165, 1.54) is 20.0 Å². The molecule has 3 atom stereocenters. The zero-order valence-electron chi connectivity index (χ0n) is 13.0. The molecule has 2 aliphatic carbocycles. The van der Waals surface area contributed by atoms with Gasteiger partial charge in [0.15, 0.2) is 11.5 Å². The van der Waals surface area contributed by atoms with Gasteiger partial charge in [-0.3, -0.25) is 4.79 Å². The molecule has 0 saturated heterocycles. The molecular formula is C17H22N2O3. The van der Waals surface area contributed by atoms with Gasteiger partial charge in [-0.2, -0.15) is 5.10 Å². The summed E-state index contributed by atoms with van der Waals surface area (Å²) in [5.41, 5.74) is 3.61. The van der Waals surface area contributed by atoms with Crippen molar-refractivity contribution in [1.82, 2.24) is 5.43 Å². The lowest BCUT2D eigenvalue weighted by atomic mass is 9.90. The Morgan fingerprint density at radius 3 is 3.00 bits per heavy atom. The SMILES string of the molecule is COc1cc(/C=N\NC(=O)[C@@H]2[C@H]3CCCC[C@]32C)ccc1O. The predicted octanol–water partition coefficient (Wildman–Crippen LogP) is 2.68. The molecule has 2 saturated carbocycles. The smallest absolute Gasteiger partial charge is 0.244 e. The summed E-state index contributed by atoms with van der Waals surface area (Å²) in [6.45, 7) is 2.22. The number of amides is 1. The Hall–Kier alpha value is -2.04. The first-order chi connectivity index (χ1) is 10.6. The van der Waals surface area contributed by atoms with Crippen LogP contribution < -0.4 is 10.2 Å². The number of nitrogens with zero attached hydrogens (tertiary/aromatic N) is 1. The second kappa shape index (κ2) is 5.63. The molecule has 1 aromatic rings. The minimum Gasteiger partial charge on any atom is -0.504 e. The number of phenols is 1. The Kier molecular flexibility index (Phi) is 3.81. The summed E-state index contributed by atoms with van der Waals surface area (Å²) in [5, 5.41) is 13.6. The number of fused-ring (bicyclic) bond motifs is 1. The molecule has 118 valence electrons. The third kappa shape index (κ3) is 2.56. The van der Waals surface area contributed by atoms with E-state index in [0.717, 1.165) is 18.4 Å². The summed E-state index contributed by atoms with van der Waals surface area (Å²) in [5.74, 6) is 1.14. The lowest BCUT2D eigenvalue weighted by Crippen LogP contribution is -2.22. The Bertz CT molecular complexity index is 614. The number of ether oxygens (including phenoxy) is 1. The molecule has 5 heteroatoms. The Morgan fingerprint density at radius 1 is 1.50 bits per heavy atom. The number of benzene rings is 1. The van der Waals surface area contributed by atoms with Gasteiger partial charge in [0.1, 0.15) is 0 Å². The highest BCUT2D eigenvalue weighted by atomic mass is 16.5. The second-order valence-electron chi connectivity index (χ2n) is 6.50. The molecule has 2 fully saturated rings. The number of nitrogens with one attached hydrogen (secondary N) is 1. The molecule has 0 bridgehead atoms. The maximum Gasteiger partial charge on any atom is 0.244 e. The van der Waals surface area contributed by atoms with Crippen molar-refractivity contribution in [2.45, 2.75) is 32.6 Å². The van der Waals surface area contributed by atoms with Crippen molar-refractivity contribution in [3.63, 3.8) is 0 Å². The molecule has 2 N–H and O–H groups in total. The third-order valence-corrected chi connectivity index (χ3v) is 5.21. The molecule has 0 unspecified atom stereocenters. The average Bonchev–Trinajstić information content (AvgIpc) is 3.14. The van der Waals surface area contributed by atoms with Crippen LogP contribution in [0.5, 0.6) is 11.5 Å². The summed E-state index contributed by atoms with van der Waals surface area (Å²) in [4.78, 5) is 12.3. The first-order valence-electron chi connectivity index (χ1n) is 7.76. The Morgan fingerprint density at radius 2 is 2.32 bits per heavy atom. The molecule has 2 aliphatic rings. The van der Waals surface area contributed by atoms with E-state index in [9.17, 15) is 9.90 Å². The molecule has 0 radical (unpaired) electrons. The molecule has 0 aliphatic heterocycles. The van der Waals surface area contributed by atoms with Gasteiger partial charge in [-0.05, 0) is 47.9 Å². The van der Waals surface area contributed by atoms with Gasteiger partial charge >= 0.3 is 0 Å². The molecule has 0 aromatic heterocycles. The number of rotatable bonds is 4. The van der Waals surface area contributed by atoms with E-state index in [1.54, 1.807) is 24.4 Å². The summed E-state index contributed by atoms with van der Waals surface area (Å²) in [7, 11) is 1.49. The Labute approximate surface area is 130 Å². The third-order valence-electron chi connectivity index (χ3n) is 5.21. The van der Waals surface area contributed by atoms with Crippen LogP contribution in [0.15, 0.2) is 23.3 Å². The van der Waals surface area contributed by atoms with Crippen LogP contribution in [0.2, 0.25) is 0 Å². The summed E-state index contributed by atoms with van der Waals surface area (Å²) >= 11 is 0. The molecule has 1 aromatic carbocycles. The quantitative estimate of drug-likeness (QED) is 0.663. The van der Waals surface area contributed by atoms with E-state index >= 15 is 0 Å². The standard InChI is InChI=1S/C17H22N2O3/c1-17-8-4-3-5-12(17)15(17)16(21)19-18-10-11-6-7-13(20)14(9-11)22-2/h6-7,9-10,12,15,20H,3-5,8H2,1-2H3,(H,19,21)/b18-10-/t12-,15+,17-/m1/s1. The topological polar surface area (TPSA) is 70.9 Å². The lowest BCUT2D eigenvalue weighted by molar-refractivity contribution is -0.123. The van der Waals surface area contributed by atoms with Gasteiger partial charge in [-0.25, -0.2) is 5.43 Å². The van der Waals surface area contributed by atoms with E-state index in [0.29, 0.717) is 11.7 Å². The molecule has 0 heterocycles. The number of aromatic hydroxyl groups is 1. The van der Waals surface area contributed by atoms with Crippen LogP contribution in [0.25, 0.3) is 0 Å². The van der Waals surface area contributed by atoms with E-state index in [2.05, 4.69) is 17.5 Å². The number of hydrazone groups is 1. The van der Waals surface area contributed by atoms with Gasteiger partial charge in [0.05, 0.1) is 13.3 Å². The van der Waals surface area contributed by atoms with Crippen LogP contribution in [0.1, 0.15) is 38.2 Å². The summed E-state index contributed by atoms with van der Waals surface area (Å²) < 4.78 is 5.04. The average molecular weight is 302 g/mol. The molecule has 5 nitrogen and oxygen atoms in total. The number of phenolic OH excluding ortho intramolecular Hbond substituents is 1. The first kappa shape index (κ1) is 14.9. The highest BCUT2D eigenvalue weighted by Crippen LogP contribution is 2.66. The highest BCUT2D eigenvalue weighted by molar-refractivity contribution is 5.86. The number of carbonyl (C=O) groups is 1. The van der Waals surface area contributed by atoms with Crippen LogP contribution in [0.3, 0.4) is 0 Å². The first-order valence-corrected chi connectivity index (χ1v) is 7.76. The zero-order valence-corrected chi connectivity index (χ0v) is 13.0. The predicted molar refractivity (Wildman–Crippen MR) is 84.0 cm³/mol. The molecule has 1 amide bonds. The van der Waals surface area contributed by atoms with Crippen molar-refractivity contribution >= 4 is 12.1 Å². The normalized spacial score (nSPS) is 29.9. The van der Waals surface area contributed by atoms with Gasteiger partial charge in [0.25, 0.3) is 0 Å². The largest absolute Gasteiger partial charge is 0.504 e. The fourth-order valence-corrected chi connectivity index (χ4v) is 3.86. The fourth-order valence-electron chi connectivity index (χ4n) is 3.86. The van der Waals surface area contributed by atoms with Crippen LogP contribution in [0, 0.1) is 17.3 Å². The van der Waals surface area contributed by atoms with Crippen molar-refractivity contribution in [2.75, 3.05) is 7.11 Å². The molecular weight excluding hydrogens is 280 g/mol. The minimum atomic E-state index is 0.0244. The van der Waals surface area contributed by atoms with E-state index in [4.69, 9.17) is 4.74 Å². The van der Waals surface area contributed by atoms with Crippen molar-refractivity contribution < 1.29 is 14.6 Å². The fraction of sp³-hybridized carbons (Fsp3) is 0.529. The molecule has 22 heavy (non-hydrogen) atoms. The summed E-state index contributed by atoms with van der Waals surface area (Å²) in [6, 6.07) is 4.92. The van der Waals surface area contributed by atoms with Crippen LogP contribution in [-0.2, 0) is 4.79 Å². The van der Waals surface area contributed by atoms with Crippen molar-refractivity contribution in [3.05, 3.63) is 23.8 Å². The van der Waals surface area contributed by atoms with Crippen molar-refractivity contribution in [3.8, 4) is 11.5 Å². The number of hydrogen-bond acceptors (Lipinski definition) is 4. The Balaban J connectivity index is 1.59. The van der Waals surface area contributed by atoms with E-state index < -0.39 is 0 Å². The maximum atomic E-state index is 12.3. The van der Waals surface area contributed by atoms with Crippen molar-refractivity contribution in [1.29, 1.82) is 0 Å². The van der Waals surface area contributed by atoms with Crippen LogP contribution in [-0.4, -0.2) is 24.3 Å². The second-order valence-corrected chi connectivity index (χ2v) is 6.50. The minimum absolute atomic E-state index is 0.0244. The van der Waals surface area contributed by atoms with Crippen LogP contribution in [0.4, 0.5) is 0 Å². The maximum absolute atomic E-state index is 12.3.